The van der Waals surface area contributed by atoms with E-state index in [-0.39, 0.29) is 11.2 Å². The Kier molecular flexibility index (Phi) is 5.11. The van der Waals surface area contributed by atoms with Gasteiger partial charge in [0.15, 0.2) is 11.2 Å². The molecule has 4 aromatic rings. The van der Waals surface area contributed by atoms with Crippen LogP contribution in [0.1, 0.15) is 16.1 Å². The molecule has 1 aliphatic heterocycles. The number of amides is 1. The van der Waals surface area contributed by atoms with Gasteiger partial charge in [-0.2, -0.15) is 0 Å². The summed E-state index contributed by atoms with van der Waals surface area (Å²) in [5.74, 6) is 0.499. The van der Waals surface area contributed by atoms with Crippen LogP contribution in [0.5, 0.6) is 0 Å². The van der Waals surface area contributed by atoms with Crippen LogP contribution in [0.4, 0.5) is 11.5 Å². The first kappa shape index (κ1) is 20.2. The van der Waals surface area contributed by atoms with Crippen molar-refractivity contribution in [3.05, 3.63) is 76.1 Å². The van der Waals surface area contributed by atoms with Crippen molar-refractivity contribution in [1.82, 2.24) is 9.88 Å². The number of pyridine rings is 1. The molecule has 7 nitrogen and oxygen atoms in total. The Labute approximate surface area is 185 Å². The van der Waals surface area contributed by atoms with Gasteiger partial charge in [0.2, 0.25) is 0 Å². The minimum atomic E-state index is -0.466. The molecule has 0 spiro atoms. The fraction of sp³-hybridized carbons (Fsp3) is 0.240. The molecule has 3 heterocycles. The third-order valence-corrected chi connectivity index (χ3v) is 5.95. The maximum Gasteiger partial charge on any atom is 0.291 e. The van der Waals surface area contributed by atoms with Crippen LogP contribution >= 0.6 is 0 Å². The number of carbonyl (C=O) groups is 1. The number of rotatable bonds is 3. The van der Waals surface area contributed by atoms with E-state index in [1.807, 2.05) is 18.2 Å². The molecule has 1 fully saturated rings. The second kappa shape index (κ2) is 8.09. The molecule has 1 aliphatic rings. The topological polar surface area (TPSA) is 78.7 Å². The number of nitrogens with zero attached hydrogens (tertiary/aromatic N) is 3. The van der Waals surface area contributed by atoms with Crippen molar-refractivity contribution in [1.29, 1.82) is 0 Å². The summed E-state index contributed by atoms with van der Waals surface area (Å²) >= 11 is 0. The van der Waals surface area contributed by atoms with Crippen molar-refractivity contribution < 1.29 is 9.21 Å². The average molecular weight is 428 g/mol. The summed E-state index contributed by atoms with van der Waals surface area (Å²) in [6.45, 7) is 6.01. The number of nitrogens with one attached hydrogen (secondary N) is 1. The average Bonchev–Trinajstić information content (AvgIpc) is 2.80. The Morgan fingerprint density at radius 1 is 1.00 bits per heavy atom. The third-order valence-electron chi connectivity index (χ3n) is 5.95. The van der Waals surface area contributed by atoms with E-state index in [0.717, 1.165) is 48.5 Å². The molecule has 1 saturated heterocycles. The van der Waals surface area contributed by atoms with Gasteiger partial charge in [0, 0.05) is 43.3 Å². The lowest BCUT2D eigenvalue weighted by Gasteiger charge is -2.33. The molecule has 5 rings (SSSR count). The first-order valence-electron chi connectivity index (χ1n) is 10.7. The number of piperazine rings is 1. The molecule has 1 N–H and O–H groups in total. The number of aryl methyl sites for hydroxylation is 1. The summed E-state index contributed by atoms with van der Waals surface area (Å²) < 4.78 is 5.64. The largest absolute Gasteiger partial charge is 0.451 e. The van der Waals surface area contributed by atoms with Gasteiger partial charge in [-0.3, -0.25) is 9.59 Å². The smallest absolute Gasteiger partial charge is 0.291 e. The lowest BCUT2D eigenvalue weighted by Crippen LogP contribution is -2.44. The zero-order valence-electron chi connectivity index (χ0n) is 18.1. The van der Waals surface area contributed by atoms with E-state index in [9.17, 15) is 9.59 Å². The summed E-state index contributed by atoms with van der Waals surface area (Å²) in [5, 5.41) is 4.26. The van der Waals surface area contributed by atoms with Gasteiger partial charge in [-0.1, -0.05) is 12.1 Å². The van der Waals surface area contributed by atoms with Crippen LogP contribution in [0.2, 0.25) is 0 Å². The summed E-state index contributed by atoms with van der Waals surface area (Å²) in [6.07, 6.45) is 0. The van der Waals surface area contributed by atoms with E-state index >= 15 is 0 Å². The summed E-state index contributed by atoms with van der Waals surface area (Å²) in [5.41, 5.74) is 2.74. The molecule has 0 atom stereocenters. The van der Waals surface area contributed by atoms with Crippen molar-refractivity contribution in [3.8, 4) is 0 Å². The van der Waals surface area contributed by atoms with E-state index < -0.39 is 5.91 Å². The van der Waals surface area contributed by atoms with E-state index in [0.29, 0.717) is 16.7 Å². The van der Waals surface area contributed by atoms with Gasteiger partial charge >= 0.3 is 0 Å². The number of anilines is 2. The normalized spacial score (nSPS) is 14.8. The first-order valence-corrected chi connectivity index (χ1v) is 10.7. The quantitative estimate of drug-likeness (QED) is 0.537. The fourth-order valence-electron chi connectivity index (χ4n) is 4.06. The van der Waals surface area contributed by atoms with Crippen LogP contribution in [-0.2, 0) is 0 Å². The van der Waals surface area contributed by atoms with Crippen molar-refractivity contribution in [2.45, 2.75) is 6.92 Å². The highest BCUT2D eigenvalue weighted by molar-refractivity contribution is 6.04. The van der Waals surface area contributed by atoms with E-state index in [4.69, 9.17) is 9.40 Å². The standard InChI is InChI=1S/C25H24N4O3/c1-16-13-24(29-11-9-28(2)10-12-29)27-20-8-7-17(14-19(16)20)26-25(31)23-15-21(30)18-5-3-4-6-22(18)32-23/h3-8,13-15H,9-12H2,1-2H3,(H,26,31). The van der Waals surface area contributed by atoms with Crippen LogP contribution in [0.15, 0.2) is 63.8 Å². The van der Waals surface area contributed by atoms with Gasteiger partial charge in [0.25, 0.3) is 5.91 Å². The van der Waals surface area contributed by atoms with E-state index in [1.54, 1.807) is 24.3 Å². The third kappa shape index (κ3) is 3.83. The van der Waals surface area contributed by atoms with Gasteiger partial charge in [0.05, 0.1) is 10.9 Å². The molecular formula is C25H24N4O3. The van der Waals surface area contributed by atoms with E-state index in [1.165, 1.54) is 6.07 Å². The van der Waals surface area contributed by atoms with Crippen molar-refractivity contribution in [2.24, 2.45) is 0 Å². The van der Waals surface area contributed by atoms with Crippen LogP contribution < -0.4 is 15.6 Å². The van der Waals surface area contributed by atoms with Gasteiger partial charge < -0.3 is 19.5 Å². The molecule has 2 aromatic carbocycles. The Morgan fingerprint density at radius 2 is 1.78 bits per heavy atom. The lowest BCUT2D eigenvalue weighted by atomic mass is 10.1. The zero-order valence-corrected chi connectivity index (χ0v) is 18.1. The number of para-hydroxylation sites is 1. The molecule has 1 amide bonds. The highest BCUT2D eigenvalue weighted by Gasteiger charge is 2.17. The number of aromatic nitrogens is 1. The van der Waals surface area contributed by atoms with E-state index in [2.05, 4.69) is 35.2 Å². The van der Waals surface area contributed by atoms with Gasteiger partial charge in [0.1, 0.15) is 11.4 Å². The maximum atomic E-state index is 12.7. The highest BCUT2D eigenvalue weighted by Crippen LogP contribution is 2.26. The lowest BCUT2D eigenvalue weighted by molar-refractivity contribution is 0.0997. The van der Waals surface area contributed by atoms with Gasteiger partial charge in [-0.25, -0.2) is 4.98 Å². The molecular weight excluding hydrogens is 404 g/mol. The number of benzene rings is 2. The van der Waals surface area contributed by atoms with Crippen molar-refractivity contribution in [2.75, 3.05) is 43.4 Å². The Bertz CT molecular complexity index is 1390. The summed E-state index contributed by atoms with van der Waals surface area (Å²) in [4.78, 5) is 34.5. The number of hydrogen-bond donors (Lipinski definition) is 1. The Hall–Kier alpha value is -3.71. The molecule has 0 saturated carbocycles. The minimum absolute atomic E-state index is 0.0194. The number of likely N-dealkylation sites (N-methyl/N-ethyl adjacent to an activating group) is 1. The molecule has 0 radical (unpaired) electrons. The maximum absolute atomic E-state index is 12.7. The van der Waals surface area contributed by atoms with Gasteiger partial charge in [-0.05, 0) is 55.9 Å². The zero-order chi connectivity index (χ0) is 22.2. The highest BCUT2D eigenvalue weighted by atomic mass is 16.3. The monoisotopic (exact) mass is 428 g/mol. The fourth-order valence-corrected chi connectivity index (χ4v) is 4.06. The molecule has 2 aromatic heterocycles. The number of hydrogen-bond acceptors (Lipinski definition) is 6. The number of fused-ring (bicyclic) bond motifs is 2. The predicted molar refractivity (Wildman–Crippen MR) is 127 cm³/mol. The molecule has 0 unspecified atom stereocenters. The summed E-state index contributed by atoms with van der Waals surface area (Å²) in [6, 6.07) is 15.8. The van der Waals surface area contributed by atoms with Crippen LogP contribution in [0.25, 0.3) is 21.9 Å². The second-order valence-electron chi connectivity index (χ2n) is 8.24. The molecule has 162 valence electrons. The second-order valence-corrected chi connectivity index (χ2v) is 8.24. The van der Waals surface area contributed by atoms with Crippen molar-refractivity contribution in [3.63, 3.8) is 0 Å². The molecule has 32 heavy (non-hydrogen) atoms. The Balaban J connectivity index is 1.41. The predicted octanol–water partition coefficient (Wildman–Crippen LogP) is 3.65. The van der Waals surface area contributed by atoms with Crippen molar-refractivity contribution >= 4 is 39.3 Å². The van der Waals surface area contributed by atoms with Crippen LogP contribution in [0, 0.1) is 6.92 Å². The van der Waals surface area contributed by atoms with Crippen LogP contribution in [0.3, 0.4) is 0 Å². The Morgan fingerprint density at radius 3 is 2.59 bits per heavy atom. The molecule has 7 heteroatoms. The molecule has 0 aliphatic carbocycles. The van der Waals surface area contributed by atoms with Gasteiger partial charge in [-0.15, -0.1) is 0 Å². The molecule has 0 bridgehead atoms. The minimum Gasteiger partial charge on any atom is -0.451 e. The summed E-state index contributed by atoms with van der Waals surface area (Å²) in [7, 11) is 2.13. The number of carbonyl (C=O) groups excluding carboxylic acids is 1. The first-order chi connectivity index (χ1) is 15.5. The SMILES string of the molecule is Cc1cc(N2CCN(C)CC2)nc2ccc(NC(=O)c3cc(=O)c4ccccc4o3)cc12. The van der Waals surface area contributed by atoms with Crippen LogP contribution in [-0.4, -0.2) is 49.0 Å².